The second kappa shape index (κ2) is 6.26. The van der Waals surface area contributed by atoms with Crippen molar-refractivity contribution in [3.8, 4) is 5.75 Å². The van der Waals surface area contributed by atoms with Gasteiger partial charge in [-0.05, 0) is 25.2 Å². The van der Waals surface area contributed by atoms with Gasteiger partial charge in [0.1, 0.15) is 5.75 Å². The van der Waals surface area contributed by atoms with Crippen molar-refractivity contribution in [3.05, 3.63) is 23.8 Å². The van der Waals surface area contributed by atoms with Crippen LogP contribution in [0.25, 0.3) is 0 Å². The van der Waals surface area contributed by atoms with Crippen LogP contribution in [0.3, 0.4) is 0 Å². The van der Waals surface area contributed by atoms with Crippen molar-refractivity contribution < 1.29 is 9.90 Å². The van der Waals surface area contributed by atoms with Gasteiger partial charge in [0.2, 0.25) is 5.91 Å². The largest absolute Gasteiger partial charge is 0.508 e. The summed E-state index contributed by atoms with van der Waals surface area (Å²) in [6.07, 6.45) is 0. The van der Waals surface area contributed by atoms with Crippen molar-refractivity contribution in [1.29, 1.82) is 0 Å². The number of phenols is 1. The third-order valence-electron chi connectivity index (χ3n) is 2.82. The van der Waals surface area contributed by atoms with Gasteiger partial charge < -0.3 is 21.1 Å². The van der Waals surface area contributed by atoms with E-state index >= 15 is 0 Å². The molecule has 0 bridgehead atoms. The molecule has 0 radical (unpaired) electrons. The second-order valence-corrected chi connectivity index (χ2v) is 4.60. The van der Waals surface area contributed by atoms with E-state index in [0.29, 0.717) is 18.8 Å². The van der Waals surface area contributed by atoms with E-state index in [1.807, 2.05) is 18.9 Å². The number of nitrogens with zero attached hydrogens (tertiary/aromatic N) is 1. The molecule has 0 heterocycles. The van der Waals surface area contributed by atoms with Crippen LogP contribution in [-0.4, -0.2) is 36.6 Å². The van der Waals surface area contributed by atoms with E-state index in [1.54, 1.807) is 25.2 Å². The molecule has 0 aliphatic heterocycles. The molecule has 0 spiro atoms. The Labute approximate surface area is 108 Å². The quantitative estimate of drug-likeness (QED) is 0.534. The van der Waals surface area contributed by atoms with Crippen LogP contribution in [0.1, 0.15) is 12.5 Å². The standard InChI is InChI=1S/C13H21N3O2/c1-9(13(18)15-2)7-16(3)8-10-6-11(14)4-5-12(10)17/h4-6,9,17H,7-8,14H2,1-3H3,(H,15,18). The van der Waals surface area contributed by atoms with Crippen LogP contribution >= 0.6 is 0 Å². The predicted molar refractivity (Wildman–Crippen MR) is 72.1 cm³/mol. The van der Waals surface area contributed by atoms with Crippen LogP contribution in [0, 0.1) is 5.92 Å². The van der Waals surface area contributed by atoms with Gasteiger partial charge >= 0.3 is 0 Å². The number of anilines is 1. The van der Waals surface area contributed by atoms with Gasteiger partial charge in [-0.3, -0.25) is 4.79 Å². The Morgan fingerprint density at radius 3 is 2.83 bits per heavy atom. The van der Waals surface area contributed by atoms with Gasteiger partial charge in [0, 0.05) is 37.3 Å². The summed E-state index contributed by atoms with van der Waals surface area (Å²) in [5.41, 5.74) is 7.07. The highest BCUT2D eigenvalue weighted by molar-refractivity contribution is 5.78. The lowest BCUT2D eigenvalue weighted by Crippen LogP contribution is -2.34. The Hall–Kier alpha value is -1.75. The van der Waals surface area contributed by atoms with E-state index in [0.717, 1.165) is 5.56 Å². The molecule has 0 saturated heterocycles. The van der Waals surface area contributed by atoms with Crippen molar-refractivity contribution in [3.63, 3.8) is 0 Å². The average molecular weight is 251 g/mol. The topological polar surface area (TPSA) is 78.6 Å². The summed E-state index contributed by atoms with van der Waals surface area (Å²) in [5, 5.41) is 12.3. The second-order valence-electron chi connectivity index (χ2n) is 4.60. The Morgan fingerprint density at radius 2 is 2.22 bits per heavy atom. The minimum absolute atomic E-state index is 0.0126. The van der Waals surface area contributed by atoms with E-state index in [2.05, 4.69) is 5.32 Å². The third kappa shape index (κ3) is 3.92. The van der Waals surface area contributed by atoms with Crippen molar-refractivity contribution in [1.82, 2.24) is 10.2 Å². The van der Waals surface area contributed by atoms with E-state index in [4.69, 9.17) is 5.73 Å². The Morgan fingerprint density at radius 1 is 1.56 bits per heavy atom. The fourth-order valence-corrected chi connectivity index (χ4v) is 1.88. The Balaban J connectivity index is 2.61. The van der Waals surface area contributed by atoms with Crippen LogP contribution in [-0.2, 0) is 11.3 Å². The lowest BCUT2D eigenvalue weighted by molar-refractivity contribution is -0.124. The fourth-order valence-electron chi connectivity index (χ4n) is 1.88. The van der Waals surface area contributed by atoms with Crippen molar-refractivity contribution in [2.45, 2.75) is 13.5 Å². The van der Waals surface area contributed by atoms with E-state index in [1.165, 1.54) is 0 Å². The Kier molecular flexibility index (Phi) is 4.97. The fraction of sp³-hybridized carbons (Fsp3) is 0.462. The number of carbonyl (C=O) groups is 1. The van der Waals surface area contributed by atoms with Crippen LogP contribution in [0.2, 0.25) is 0 Å². The highest BCUT2D eigenvalue weighted by Gasteiger charge is 2.14. The first-order chi connectivity index (χ1) is 8.43. The van der Waals surface area contributed by atoms with Gasteiger partial charge in [-0.1, -0.05) is 6.92 Å². The summed E-state index contributed by atoms with van der Waals surface area (Å²) < 4.78 is 0. The summed E-state index contributed by atoms with van der Waals surface area (Å²) in [6, 6.07) is 4.99. The van der Waals surface area contributed by atoms with Gasteiger partial charge in [-0.25, -0.2) is 0 Å². The van der Waals surface area contributed by atoms with E-state index in [-0.39, 0.29) is 17.6 Å². The zero-order valence-electron chi connectivity index (χ0n) is 11.1. The number of nitrogen functional groups attached to an aromatic ring is 1. The van der Waals surface area contributed by atoms with E-state index < -0.39 is 0 Å². The first kappa shape index (κ1) is 14.3. The van der Waals surface area contributed by atoms with Crippen molar-refractivity contribution >= 4 is 11.6 Å². The maximum Gasteiger partial charge on any atom is 0.223 e. The highest BCUT2D eigenvalue weighted by atomic mass is 16.3. The summed E-state index contributed by atoms with van der Waals surface area (Å²) in [5.74, 6) is 0.144. The van der Waals surface area contributed by atoms with Crippen LogP contribution < -0.4 is 11.1 Å². The van der Waals surface area contributed by atoms with Crippen LogP contribution in [0.4, 0.5) is 5.69 Å². The molecular weight excluding hydrogens is 230 g/mol. The van der Waals surface area contributed by atoms with Crippen molar-refractivity contribution in [2.24, 2.45) is 5.92 Å². The summed E-state index contributed by atoms with van der Waals surface area (Å²) >= 11 is 0. The zero-order chi connectivity index (χ0) is 13.7. The SMILES string of the molecule is CNC(=O)C(C)CN(C)Cc1cc(N)ccc1O. The molecule has 18 heavy (non-hydrogen) atoms. The highest BCUT2D eigenvalue weighted by Crippen LogP contribution is 2.21. The number of rotatable bonds is 5. The molecule has 0 saturated carbocycles. The lowest BCUT2D eigenvalue weighted by atomic mass is 10.1. The number of hydrogen-bond donors (Lipinski definition) is 3. The number of amides is 1. The minimum atomic E-state index is -0.0943. The molecule has 5 nitrogen and oxygen atoms in total. The maximum atomic E-state index is 11.4. The summed E-state index contributed by atoms with van der Waals surface area (Å²) in [6.45, 7) is 3.04. The molecule has 0 aromatic heterocycles. The predicted octanol–water partition coefficient (Wildman–Crippen LogP) is 0.788. The molecule has 1 amide bonds. The first-order valence-electron chi connectivity index (χ1n) is 5.91. The molecule has 0 fully saturated rings. The molecule has 0 aliphatic rings. The molecular formula is C13H21N3O2. The number of hydrogen-bond acceptors (Lipinski definition) is 4. The smallest absolute Gasteiger partial charge is 0.223 e. The lowest BCUT2D eigenvalue weighted by Gasteiger charge is -2.21. The van der Waals surface area contributed by atoms with Crippen molar-refractivity contribution in [2.75, 3.05) is 26.4 Å². The Bertz CT molecular complexity index is 421. The van der Waals surface area contributed by atoms with Gasteiger partial charge in [0.15, 0.2) is 0 Å². The number of carbonyl (C=O) groups excluding carboxylic acids is 1. The van der Waals surface area contributed by atoms with Gasteiger partial charge in [0.25, 0.3) is 0 Å². The monoisotopic (exact) mass is 251 g/mol. The van der Waals surface area contributed by atoms with Crippen LogP contribution in [0.15, 0.2) is 18.2 Å². The van der Waals surface area contributed by atoms with Crippen LogP contribution in [0.5, 0.6) is 5.75 Å². The van der Waals surface area contributed by atoms with Gasteiger partial charge in [-0.2, -0.15) is 0 Å². The number of nitrogens with one attached hydrogen (secondary N) is 1. The van der Waals surface area contributed by atoms with E-state index in [9.17, 15) is 9.90 Å². The molecule has 0 aliphatic carbocycles. The molecule has 1 rings (SSSR count). The normalized spacial score (nSPS) is 12.4. The first-order valence-corrected chi connectivity index (χ1v) is 5.91. The van der Waals surface area contributed by atoms with Gasteiger partial charge in [-0.15, -0.1) is 0 Å². The minimum Gasteiger partial charge on any atom is -0.508 e. The van der Waals surface area contributed by atoms with Gasteiger partial charge in [0.05, 0.1) is 0 Å². The summed E-state index contributed by atoms with van der Waals surface area (Å²) in [4.78, 5) is 13.4. The number of nitrogens with two attached hydrogens (primary N) is 1. The maximum absolute atomic E-state index is 11.4. The molecule has 1 unspecified atom stereocenters. The average Bonchev–Trinajstić information content (AvgIpc) is 2.32. The number of aromatic hydroxyl groups is 1. The molecule has 4 N–H and O–H groups in total. The molecule has 1 aromatic rings. The third-order valence-corrected chi connectivity index (χ3v) is 2.82. The summed E-state index contributed by atoms with van der Waals surface area (Å²) in [7, 11) is 3.53. The zero-order valence-corrected chi connectivity index (χ0v) is 11.1. The molecule has 1 atom stereocenters. The molecule has 100 valence electrons. The number of phenolic OH excluding ortho intramolecular Hbond substituents is 1. The molecule has 5 heteroatoms. The number of benzene rings is 1. The molecule has 1 aromatic carbocycles.